The van der Waals surface area contributed by atoms with Crippen molar-refractivity contribution in [3.05, 3.63) is 70.7 Å². The second-order valence-electron chi connectivity index (χ2n) is 15.4. The Labute approximate surface area is 324 Å². The third-order valence-corrected chi connectivity index (χ3v) is 11.5. The molecule has 5 rings (SSSR count). The molecule has 1 unspecified atom stereocenters. The van der Waals surface area contributed by atoms with Crippen molar-refractivity contribution in [2.45, 2.75) is 102 Å². The highest BCUT2D eigenvalue weighted by Gasteiger charge is 2.46. The minimum atomic E-state index is -4.04. The first kappa shape index (κ1) is 42.2. The molecule has 2 saturated heterocycles. The number of carbonyl (C=O) groups excluding carboxylic acids is 6. The van der Waals surface area contributed by atoms with Crippen LogP contribution in [0.1, 0.15) is 97.7 Å². The molecule has 0 bridgehead atoms. The lowest BCUT2D eigenvalue weighted by molar-refractivity contribution is -0.144. The first-order valence-corrected chi connectivity index (χ1v) is 20.9. The Balaban J connectivity index is 1.33. The minimum Gasteiger partial charge on any atom is -0.370 e. The van der Waals surface area contributed by atoms with Crippen LogP contribution < -0.4 is 21.7 Å². The average molecular weight is 796 g/mol. The van der Waals surface area contributed by atoms with Gasteiger partial charge in [0.2, 0.25) is 29.2 Å². The van der Waals surface area contributed by atoms with E-state index in [1.165, 1.54) is 35.2 Å². The highest BCUT2D eigenvalue weighted by atomic mass is 31.2. The molecule has 2 fully saturated rings. The SMILES string of the molecule is CC(C)c1ccc(CNC(=O)[C@H](CCC(N)=O)NC(=O)[C@@H]2CC[C@@H]3CCN(C(C)C)C[C@H](NC(=O)c4cc5cc(C(=O)P(C)(=O)O)ccc5[nH]4)C(=O)N32)cc1F. The summed E-state index contributed by atoms with van der Waals surface area (Å²) >= 11 is 0. The van der Waals surface area contributed by atoms with Crippen molar-refractivity contribution in [1.82, 2.24) is 30.7 Å². The Morgan fingerprint density at radius 3 is 2.41 bits per heavy atom. The third kappa shape index (κ3) is 9.90. The fourth-order valence-corrected chi connectivity index (χ4v) is 8.00. The van der Waals surface area contributed by atoms with Crippen LogP contribution in [0.25, 0.3) is 10.9 Å². The lowest BCUT2D eigenvalue weighted by Crippen LogP contribution is -2.62. The lowest BCUT2D eigenvalue weighted by atomic mass is 10.0. The maximum atomic E-state index is 14.6. The second kappa shape index (κ2) is 17.5. The van der Waals surface area contributed by atoms with Gasteiger partial charge in [-0.1, -0.05) is 26.0 Å². The summed E-state index contributed by atoms with van der Waals surface area (Å²) in [4.78, 5) is 96.0. The summed E-state index contributed by atoms with van der Waals surface area (Å²) in [7, 11) is -4.04. The molecule has 0 aliphatic carbocycles. The largest absolute Gasteiger partial charge is 0.370 e. The Morgan fingerprint density at radius 1 is 1.04 bits per heavy atom. The molecule has 5 amide bonds. The van der Waals surface area contributed by atoms with Gasteiger partial charge >= 0.3 is 0 Å². The Morgan fingerprint density at radius 2 is 1.77 bits per heavy atom. The molecule has 3 aromatic rings. The van der Waals surface area contributed by atoms with Crippen LogP contribution in [0.15, 0.2) is 42.5 Å². The number of carbonyl (C=O) groups is 6. The molecule has 302 valence electrons. The zero-order chi connectivity index (χ0) is 41.1. The van der Waals surface area contributed by atoms with Crippen LogP contribution in [-0.2, 0) is 30.3 Å². The molecule has 0 spiro atoms. The van der Waals surface area contributed by atoms with Crippen LogP contribution in [0.5, 0.6) is 0 Å². The molecular formula is C39H51FN7O8P. The van der Waals surface area contributed by atoms with Crippen LogP contribution in [-0.4, -0.2) is 105 Å². The van der Waals surface area contributed by atoms with Crippen LogP contribution in [0, 0.1) is 5.82 Å². The molecule has 7 N–H and O–H groups in total. The Bertz CT molecular complexity index is 2060. The fraction of sp³-hybridized carbons (Fsp3) is 0.487. The molecule has 3 heterocycles. The molecule has 1 aromatic heterocycles. The van der Waals surface area contributed by atoms with Crippen molar-refractivity contribution in [3.63, 3.8) is 0 Å². The number of nitrogens with zero attached hydrogens (tertiary/aromatic N) is 2. The number of rotatable bonds is 14. The molecule has 5 atom stereocenters. The molecule has 2 aliphatic rings. The van der Waals surface area contributed by atoms with Crippen LogP contribution >= 0.6 is 7.37 Å². The average Bonchev–Trinajstić information content (AvgIpc) is 3.75. The molecule has 56 heavy (non-hydrogen) atoms. The number of halogens is 1. The van der Waals surface area contributed by atoms with Gasteiger partial charge in [-0.3, -0.25) is 38.2 Å². The van der Waals surface area contributed by atoms with Gasteiger partial charge in [-0.15, -0.1) is 0 Å². The lowest BCUT2D eigenvalue weighted by Gasteiger charge is -2.40. The number of nitrogens with two attached hydrogens (primary N) is 1. The number of nitrogens with one attached hydrogen (secondary N) is 4. The molecule has 17 heteroatoms. The number of aromatic nitrogens is 1. The van der Waals surface area contributed by atoms with E-state index in [-0.39, 0.29) is 55.2 Å². The number of aromatic amines is 1. The van der Waals surface area contributed by atoms with E-state index in [0.717, 1.165) is 6.66 Å². The van der Waals surface area contributed by atoms with Gasteiger partial charge in [0.1, 0.15) is 29.6 Å². The highest BCUT2D eigenvalue weighted by molar-refractivity contribution is 7.75. The van der Waals surface area contributed by atoms with Crippen molar-refractivity contribution in [1.29, 1.82) is 0 Å². The minimum absolute atomic E-state index is 0.0186. The van der Waals surface area contributed by atoms with Gasteiger partial charge < -0.3 is 36.5 Å². The van der Waals surface area contributed by atoms with E-state index >= 15 is 0 Å². The zero-order valence-electron chi connectivity index (χ0n) is 32.3. The Hall–Kier alpha value is -4.92. The van der Waals surface area contributed by atoms with Crippen LogP contribution in [0.4, 0.5) is 4.39 Å². The van der Waals surface area contributed by atoms with Gasteiger partial charge in [0.15, 0.2) is 0 Å². The number of fused-ring (bicyclic) bond motifs is 2. The van der Waals surface area contributed by atoms with Crippen LogP contribution in [0.3, 0.4) is 0 Å². The first-order valence-electron chi connectivity index (χ1n) is 18.8. The third-order valence-electron chi connectivity index (χ3n) is 10.5. The van der Waals surface area contributed by atoms with Crippen LogP contribution in [0.2, 0.25) is 0 Å². The smallest absolute Gasteiger partial charge is 0.268 e. The first-order chi connectivity index (χ1) is 26.3. The summed E-state index contributed by atoms with van der Waals surface area (Å²) < 4.78 is 26.6. The maximum absolute atomic E-state index is 14.6. The van der Waals surface area contributed by atoms with Gasteiger partial charge in [0, 0.05) is 61.3 Å². The summed E-state index contributed by atoms with van der Waals surface area (Å²) in [5.41, 5.74) is 6.12. The number of primary amides is 1. The number of amides is 5. The molecular weight excluding hydrogens is 744 g/mol. The van der Waals surface area contributed by atoms with Crippen molar-refractivity contribution in [2.75, 3.05) is 19.8 Å². The summed E-state index contributed by atoms with van der Waals surface area (Å²) in [6, 6.07) is 7.01. The summed E-state index contributed by atoms with van der Waals surface area (Å²) in [5.74, 6) is -3.37. The van der Waals surface area contributed by atoms with E-state index in [1.54, 1.807) is 12.1 Å². The number of H-pyrrole nitrogens is 1. The van der Waals surface area contributed by atoms with E-state index < -0.39 is 66.4 Å². The molecule has 0 radical (unpaired) electrons. The predicted molar refractivity (Wildman–Crippen MR) is 207 cm³/mol. The Kier molecular flexibility index (Phi) is 13.2. The summed E-state index contributed by atoms with van der Waals surface area (Å²) in [6.45, 7) is 9.39. The monoisotopic (exact) mass is 795 g/mol. The van der Waals surface area contributed by atoms with Crippen molar-refractivity contribution in [2.24, 2.45) is 5.73 Å². The number of benzene rings is 2. The molecule has 15 nitrogen and oxygen atoms in total. The van der Waals surface area contributed by atoms with E-state index in [1.807, 2.05) is 27.7 Å². The maximum Gasteiger partial charge on any atom is 0.268 e. The normalized spacial score (nSPS) is 20.6. The molecule has 2 aliphatic heterocycles. The molecule has 0 saturated carbocycles. The van der Waals surface area contributed by atoms with Gasteiger partial charge in [-0.05, 0) is 86.9 Å². The zero-order valence-corrected chi connectivity index (χ0v) is 33.2. The van der Waals surface area contributed by atoms with Gasteiger partial charge in [-0.2, -0.15) is 0 Å². The summed E-state index contributed by atoms with van der Waals surface area (Å²) in [5, 5.41) is 8.74. The highest BCUT2D eigenvalue weighted by Crippen LogP contribution is 2.40. The number of hydrogen-bond acceptors (Lipinski definition) is 8. The van der Waals surface area contributed by atoms with E-state index in [9.17, 15) is 42.6 Å². The predicted octanol–water partition coefficient (Wildman–Crippen LogP) is 3.11. The topological polar surface area (TPSA) is 224 Å². The molecule has 2 aromatic carbocycles. The number of hydrogen-bond donors (Lipinski definition) is 6. The van der Waals surface area contributed by atoms with Gasteiger partial charge in [0.25, 0.3) is 13.3 Å². The van der Waals surface area contributed by atoms with E-state index in [0.29, 0.717) is 47.8 Å². The van der Waals surface area contributed by atoms with Gasteiger partial charge in [-0.25, -0.2) is 4.39 Å². The van der Waals surface area contributed by atoms with Crippen molar-refractivity contribution >= 4 is 53.3 Å². The summed E-state index contributed by atoms with van der Waals surface area (Å²) in [6.07, 6.45) is 1.09. The van der Waals surface area contributed by atoms with Gasteiger partial charge in [0.05, 0.1) is 0 Å². The fourth-order valence-electron chi connectivity index (χ4n) is 7.38. The second-order valence-corrected chi connectivity index (χ2v) is 17.5. The quantitative estimate of drug-likeness (QED) is 0.132. The standard InChI is InChI=1S/C39H51FN7O8P/c1-21(2)27-9-6-23(16-28(27)40)19-42-35(49)30(11-13-34(41)48)44-37(51)33-12-8-26-14-15-46(22(3)4)20-32(38(52)47(26)33)45-36(50)31-18-25-17-24(7-10-29(25)43-31)39(53)56(5,54)55/h6-7,9-10,16-18,21-22,26,30,32-33,43H,8,11-15,19-20H2,1-5H3,(H2,41,48)(H,42,49)(H,44,51)(H,45,50)(H,54,55)/t26-,30+,32+,33+/m1/s1. The van der Waals surface area contributed by atoms with Crippen molar-refractivity contribution in [3.8, 4) is 0 Å². The van der Waals surface area contributed by atoms with E-state index in [4.69, 9.17) is 5.73 Å². The van der Waals surface area contributed by atoms with Crippen molar-refractivity contribution < 1.29 is 42.6 Å². The van der Waals surface area contributed by atoms with E-state index in [2.05, 4.69) is 25.8 Å².